The summed E-state index contributed by atoms with van der Waals surface area (Å²) in [5.74, 6) is -5.16. The molecule has 1 N–H and O–H groups in total. The second-order valence-electron chi connectivity index (χ2n) is 5.01. The molecule has 0 atom stereocenters. The molecule has 0 saturated heterocycles. The fourth-order valence-electron chi connectivity index (χ4n) is 1.46. The zero-order valence-corrected chi connectivity index (χ0v) is 12.3. The molecule has 2 nitrogen and oxygen atoms in total. The molecule has 6 heteroatoms. The topological polar surface area (TPSA) is 29.1 Å². The molecule has 1 aromatic carbocycles. The third kappa shape index (κ3) is 4.23. The van der Waals surface area contributed by atoms with Crippen molar-refractivity contribution in [1.82, 2.24) is 5.32 Å². The summed E-state index contributed by atoms with van der Waals surface area (Å²) in [7, 11) is 0. The van der Waals surface area contributed by atoms with Gasteiger partial charge in [-0.3, -0.25) is 4.79 Å². The first-order chi connectivity index (χ1) is 8.78. The van der Waals surface area contributed by atoms with Crippen LogP contribution in [0, 0.1) is 22.9 Å². The molecular formula is C13H15BrF3NO. The summed E-state index contributed by atoms with van der Waals surface area (Å²) in [5.41, 5.74) is -0.665. The molecule has 0 aromatic heterocycles. The number of rotatable bonds is 5. The summed E-state index contributed by atoms with van der Waals surface area (Å²) < 4.78 is 39.2. The van der Waals surface area contributed by atoms with Crippen LogP contribution < -0.4 is 5.32 Å². The lowest BCUT2D eigenvalue weighted by Gasteiger charge is -2.23. The van der Waals surface area contributed by atoms with Gasteiger partial charge in [0.1, 0.15) is 0 Å². The van der Waals surface area contributed by atoms with E-state index in [0.717, 1.165) is 23.9 Å². The van der Waals surface area contributed by atoms with Crippen LogP contribution in [0.25, 0.3) is 0 Å². The first kappa shape index (κ1) is 16.0. The molecule has 0 radical (unpaired) electrons. The maximum Gasteiger partial charge on any atom is 0.254 e. The van der Waals surface area contributed by atoms with Crippen molar-refractivity contribution in [3.8, 4) is 0 Å². The van der Waals surface area contributed by atoms with E-state index >= 15 is 0 Å². The minimum atomic E-state index is -1.63. The van der Waals surface area contributed by atoms with Crippen molar-refractivity contribution in [2.45, 2.75) is 20.3 Å². The van der Waals surface area contributed by atoms with E-state index in [2.05, 4.69) is 21.2 Å². The molecule has 0 aliphatic heterocycles. The highest BCUT2D eigenvalue weighted by Gasteiger charge is 2.22. The molecule has 0 saturated carbocycles. The molecule has 1 rings (SSSR count). The van der Waals surface area contributed by atoms with Crippen molar-refractivity contribution < 1.29 is 18.0 Å². The average molecular weight is 338 g/mol. The molecular weight excluding hydrogens is 323 g/mol. The van der Waals surface area contributed by atoms with Gasteiger partial charge in [0.05, 0.1) is 5.56 Å². The number of benzene rings is 1. The van der Waals surface area contributed by atoms with Gasteiger partial charge >= 0.3 is 0 Å². The van der Waals surface area contributed by atoms with Crippen molar-refractivity contribution >= 4 is 21.8 Å². The van der Waals surface area contributed by atoms with Crippen molar-refractivity contribution in [3.05, 3.63) is 35.1 Å². The van der Waals surface area contributed by atoms with Gasteiger partial charge in [0.25, 0.3) is 5.91 Å². The third-order valence-corrected chi connectivity index (χ3v) is 3.18. The fraction of sp³-hybridized carbons (Fsp3) is 0.462. The van der Waals surface area contributed by atoms with Crippen LogP contribution in [0.2, 0.25) is 0 Å². The minimum absolute atomic E-state index is 0.172. The molecule has 0 aliphatic rings. The Morgan fingerprint density at radius 1 is 1.26 bits per heavy atom. The standard InChI is InChI=1S/C13H15BrF3NO/c1-13(2,5-6-14)7-18-12(19)8-3-4-9(15)11(17)10(8)16/h3-4H,5-7H2,1-2H3,(H,18,19). The van der Waals surface area contributed by atoms with E-state index < -0.39 is 28.9 Å². The summed E-state index contributed by atoms with van der Waals surface area (Å²) in [6, 6.07) is 1.66. The summed E-state index contributed by atoms with van der Waals surface area (Å²) in [6.07, 6.45) is 0.813. The lowest BCUT2D eigenvalue weighted by atomic mass is 9.90. The van der Waals surface area contributed by atoms with Gasteiger partial charge in [0.2, 0.25) is 0 Å². The van der Waals surface area contributed by atoms with E-state index in [9.17, 15) is 18.0 Å². The Morgan fingerprint density at radius 2 is 1.89 bits per heavy atom. The smallest absolute Gasteiger partial charge is 0.254 e. The highest BCUT2D eigenvalue weighted by Crippen LogP contribution is 2.21. The molecule has 0 aliphatic carbocycles. The molecule has 0 bridgehead atoms. The Morgan fingerprint density at radius 3 is 2.47 bits per heavy atom. The van der Waals surface area contributed by atoms with Crippen LogP contribution in [-0.2, 0) is 0 Å². The first-order valence-electron chi connectivity index (χ1n) is 5.76. The molecule has 0 spiro atoms. The lowest BCUT2D eigenvalue weighted by molar-refractivity contribution is 0.0930. The van der Waals surface area contributed by atoms with Crippen molar-refractivity contribution in [3.63, 3.8) is 0 Å². The van der Waals surface area contributed by atoms with Crippen molar-refractivity contribution in [1.29, 1.82) is 0 Å². The molecule has 0 heterocycles. The van der Waals surface area contributed by atoms with E-state index in [1.54, 1.807) is 0 Å². The van der Waals surface area contributed by atoms with E-state index in [-0.39, 0.29) is 5.41 Å². The largest absolute Gasteiger partial charge is 0.351 e. The number of halogens is 4. The summed E-state index contributed by atoms with van der Waals surface area (Å²) >= 11 is 3.30. The van der Waals surface area contributed by atoms with E-state index in [1.807, 2.05) is 13.8 Å². The number of hydrogen-bond donors (Lipinski definition) is 1. The number of carbonyl (C=O) groups excluding carboxylic acids is 1. The van der Waals surface area contributed by atoms with Crippen LogP contribution in [0.1, 0.15) is 30.6 Å². The number of alkyl halides is 1. The van der Waals surface area contributed by atoms with E-state index in [1.165, 1.54) is 0 Å². The monoisotopic (exact) mass is 337 g/mol. The summed E-state index contributed by atoms with van der Waals surface area (Å²) in [4.78, 5) is 11.7. The van der Waals surface area contributed by atoms with Gasteiger partial charge in [-0.15, -0.1) is 0 Å². The van der Waals surface area contributed by atoms with Gasteiger partial charge in [-0.2, -0.15) is 0 Å². The van der Waals surface area contributed by atoms with Gasteiger partial charge in [0, 0.05) is 11.9 Å². The Kier molecular flexibility index (Phi) is 5.40. The predicted octanol–water partition coefficient (Wildman–Crippen LogP) is 3.64. The SMILES string of the molecule is CC(C)(CCBr)CNC(=O)c1ccc(F)c(F)c1F. The van der Waals surface area contributed by atoms with Gasteiger partial charge < -0.3 is 5.32 Å². The molecule has 0 fully saturated rings. The summed E-state index contributed by atoms with van der Waals surface area (Å²) in [6.45, 7) is 4.20. The summed E-state index contributed by atoms with van der Waals surface area (Å²) in [5, 5.41) is 3.30. The lowest BCUT2D eigenvalue weighted by Crippen LogP contribution is -2.34. The molecule has 1 aromatic rings. The molecule has 106 valence electrons. The van der Waals surface area contributed by atoms with Crippen LogP contribution in [0.5, 0.6) is 0 Å². The quantitative estimate of drug-likeness (QED) is 0.645. The number of nitrogens with one attached hydrogen (secondary N) is 1. The maximum atomic E-state index is 13.4. The Bertz CT molecular complexity index is 477. The van der Waals surface area contributed by atoms with Crippen LogP contribution in [0.15, 0.2) is 12.1 Å². The van der Waals surface area contributed by atoms with Crippen LogP contribution in [-0.4, -0.2) is 17.8 Å². The van der Waals surface area contributed by atoms with Crippen molar-refractivity contribution in [2.24, 2.45) is 5.41 Å². The Hall–Kier alpha value is -1.04. The average Bonchev–Trinajstić information content (AvgIpc) is 2.33. The Balaban J connectivity index is 2.77. The number of hydrogen-bond acceptors (Lipinski definition) is 1. The van der Waals surface area contributed by atoms with Gasteiger partial charge in [-0.25, -0.2) is 13.2 Å². The van der Waals surface area contributed by atoms with E-state index in [4.69, 9.17) is 0 Å². The van der Waals surface area contributed by atoms with Gasteiger partial charge in [-0.1, -0.05) is 29.8 Å². The minimum Gasteiger partial charge on any atom is -0.351 e. The fourth-order valence-corrected chi connectivity index (χ4v) is 2.53. The van der Waals surface area contributed by atoms with Crippen LogP contribution in [0.4, 0.5) is 13.2 Å². The second-order valence-corrected chi connectivity index (χ2v) is 5.80. The van der Waals surface area contributed by atoms with Crippen LogP contribution >= 0.6 is 15.9 Å². The highest BCUT2D eigenvalue weighted by molar-refractivity contribution is 9.09. The Labute approximate surface area is 118 Å². The second kappa shape index (κ2) is 6.41. The van der Waals surface area contributed by atoms with Gasteiger partial charge in [-0.05, 0) is 24.0 Å². The van der Waals surface area contributed by atoms with Crippen molar-refractivity contribution in [2.75, 3.05) is 11.9 Å². The molecule has 19 heavy (non-hydrogen) atoms. The third-order valence-electron chi connectivity index (χ3n) is 2.78. The number of amides is 1. The normalized spacial score (nSPS) is 11.5. The molecule has 0 unspecified atom stereocenters. The maximum absolute atomic E-state index is 13.4. The van der Waals surface area contributed by atoms with E-state index in [0.29, 0.717) is 6.54 Å². The van der Waals surface area contributed by atoms with Crippen LogP contribution in [0.3, 0.4) is 0 Å². The number of carbonyl (C=O) groups is 1. The van der Waals surface area contributed by atoms with Gasteiger partial charge in [0.15, 0.2) is 17.5 Å². The predicted molar refractivity (Wildman–Crippen MR) is 70.8 cm³/mol. The zero-order valence-electron chi connectivity index (χ0n) is 10.7. The zero-order chi connectivity index (χ0) is 14.6. The molecule has 1 amide bonds. The first-order valence-corrected chi connectivity index (χ1v) is 6.88. The highest BCUT2D eigenvalue weighted by atomic mass is 79.9.